The minimum absolute atomic E-state index is 0.0148. The van der Waals surface area contributed by atoms with Crippen molar-refractivity contribution in [1.82, 2.24) is 0 Å². The molecule has 0 heterocycles. The molecule has 0 fully saturated rings. The lowest BCUT2D eigenvalue weighted by Gasteiger charge is -2.20. The van der Waals surface area contributed by atoms with Crippen LogP contribution in [0.3, 0.4) is 0 Å². The highest BCUT2D eigenvalue weighted by atomic mass is 31.2. The van der Waals surface area contributed by atoms with Gasteiger partial charge in [0.05, 0.1) is 19.8 Å². The fourth-order valence-corrected chi connectivity index (χ4v) is 8.16. The first-order valence-electron chi connectivity index (χ1n) is 26.0. The second kappa shape index (κ2) is 48.1. The first kappa shape index (κ1) is 61.2. The fourth-order valence-electron chi connectivity index (χ4n) is 7.38. The number of carboxylic acid groups (broad SMARTS) is 1. The van der Waals surface area contributed by atoms with E-state index in [1.165, 1.54) is 148 Å². The van der Waals surface area contributed by atoms with Gasteiger partial charge in [-0.3, -0.25) is 18.6 Å². The Morgan fingerprint density at radius 3 is 1.33 bits per heavy atom. The Morgan fingerprint density at radius 2 is 0.873 bits per heavy atom. The maximum Gasteiger partial charge on any atom is 0.472 e. The summed E-state index contributed by atoms with van der Waals surface area (Å²) in [5.41, 5.74) is 5.38. The minimum atomic E-state index is -4.62. The van der Waals surface area contributed by atoms with E-state index in [2.05, 4.69) is 50.3 Å². The first-order chi connectivity index (χ1) is 30.7. The molecule has 0 radical (unpaired) electrons. The van der Waals surface area contributed by atoms with Gasteiger partial charge in [-0.25, -0.2) is 4.57 Å². The number of phosphoric ester groups is 1. The highest BCUT2D eigenvalue weighted by Gasteiger charge is 2.27. The SMILES string of the molecule is CCCCC/C=C\C/C=C\C/C=C\CCCCCCCCC(=O)OC(COCCCCCCCCCCCCCCCCCCCCCCCC)COP(=O)(O)OCC(N)C(=O)O. The summed E-state index contributed by atoms with van der Waals surface area (Å²) in [6.45, 7) is 3.88. The van der Waals surface area contributed by atoms with Crippen molar-refractivity contribution in [2.45, 2.75) is 257 Å². The normalized spacial score (nSPS) is 14.0. The molecule has 10 nitrogen and oxygen atoms in total. The highest BCUT2D eigenvalue weighted by Crippen LogP contribution is 2.43. The van der Waals surface area contributed by atoms with Gasteiger partial charge >= 0.3 is 19.8 Å². The number of nitrogens with two attached hydrogens (primary N) is 1. The summed E-state index contributed by atoms with van der Waals surface area (Å²) in [6.07, 6.45) is 56.3. The van der Waals surface area contributed by atoms with E-state index in [4.69, 9.17) is 29.4 Å². The van der Waals surface area contributed by atoms with Crippen LogP contribution >= 0.6 is 7.82 Å². The van der Waals surface area contributed by atoms with E-state index in [1.807, 2.05) is 0 Å². The van der Waals surface area contributed by atoms with E-state index in [0.717, 1.165) is 70.6 Å². The molecule has 3 unspecified atom stereocenters. The van der Waals surface area contributed by atoms with Crippen molar-refractivity contribution in [3.8, 4) is 0 Å². The Labute approximate surface area is 387 Å². The zero-order valence-electron chi connectivity index (χ0n) is 40.7. The standard InChI is InChI=1S/C52H98NO9P/c1-3-5-7-9-11-13-15-17-19-21-23-24-25-27-29-31-33-35-37-39-41-43-45-59-46-49(47-60-63(57,58)61-48-50(53)52(55)56)62-51(54)44-42-40-38-36-34-32-30-28-26-22-20-18-16-14-12-10-8-6-4-2/h12,14,18,20,26,28,49-50H,3-11,13,15-17,19,21-25,27,29-48,53H2,1-2H3,(H,55,56)(H,57,58)/b14-12-,20-18-,28-26-. The quantitative estimate of drug-likeness (QED) is 0.0232. The van der Waals surface area contributed by atoms with Crippen molar-refractivity contribution in [2.24, 2.45) is 5.73 Å². The van der Waals surface area contributed by atoms with Crippen molar-refractivity contribution in [3.05, 3.63) is 36.5 Å². The Kier molecular flexibility index (Phi) is 46.7. The Morgan fingerprint density at radius 1 is 0.508 bits per heavy atom. The Hall–Kier alpha value is -1.81. The van der Waals surface area contributed by atoms with Crippen molar-refractivity contribution < 1.29 is 42.7 Å². The van der Waals surface area contributed by atoms with Crippen LogP contribution in [0.2, 0.25) is 0 Å². The molecule has 0 amide bonds. The topological polar surface area (TPSA) is 155 Å². The molecule has 4 N–H and O–H groups in total. The smallest absolute Gasteiger partial charge is 0.472 e. The molecule has 0 aromatic rings. The van der Waals surface area contributed by atoms with Gasteiger partial charge < -0.3 is 25.2 Å². The average Bonchev–Trinajstić information content (AvgIpc) is 3.26. The van der Waals surface area contributed by atoms with Crippen molar-refractivity contribution in [3.63, 3.8) is 0 Å². The summed E-state index contributed by atoms with van der Waals surface area (Å²) in [5.74, 6) is -1.78. The number of allylic oxidation sites excluding steroid dienone is 6. The number of carbonyl (C=O) groups excluding carboxylic acids is 1. The van der Waals surface area contributed by atoms with Crippen LogP contribution in [0.25, 0.3) is 0 Å². The van der Waals surface area contributed by atoms with Crippen molar-refractivity contribution >= 4 is 19.8 Å². The lowest BCUT2D eigenvalue weighted by Crippen LogP contribution is -2.34. The van der Waals surface area contributed by atoms with Crippen molar-refractivity contribution in [1.29, 1.82) is 0 Å². The highest BCUT2D eigenvalue weighted by molar-refractivity contribution is 7.47. The number of esters is 1. The number of carboxylic acids is 1. The number of hydrogen-bond donors (Lipinski definition) is 3. The van der Waals surface area contributed by atoms with Crippen LogP contribution in [0.1, 0.15) is 245 Å². The lowest BCUT2D eigenvalue weighted by molar-refractivity contribution is -0.154. The lowest BCUT2D eigenvalue weighted by atomic mass is 10.0. The van der Waals surface area contributed by atoms with Gasteiger partial charge in [0, 0.05) is 13.0 Å². The molecule has 11 heteroatoms. The number of unbranched alkanes of at least 4 members (excludes halogenated alkanes) is 30. The average molecular weight is 912 g/mol. The van der Waals surface area contributed by atoms with E-state index in [0.29, 0.717) is 13.0 Å². The van der Waals surface area contributed by atoms with Crippen LogP contribution in [0.15, 0.2) is 36.5 Å². The minimum Gasteiger partial charge on any atom is -0.480 e. The molecular weight excluding hydrogens is 814 g/mol. The summed E-state index contributed by atoms with van der Waals surface area (Å²) >= 11 is 0. The largest absolute Gasteiger partial charge is 0.480 e. The molecular formula is C52H98NO9P. The molecule has 0 spiro atoms. The molecule has 370 valence electrons. The van der Waals surface area contributed by atoms with Crippen LogP contribution < -0.4 is 5.73 Å². The predicted octanol–water partition coefficient (Wildman–Crippen LogP) is 15.2. The maximum absolute atomic E-state index is 12.7. The van der Waals surface area contributed by atoms with Gasteiger partial charge in [0.25, 0.3) is 0 Å². The number of aliphatic carboxylic acids is 1. The van der Waals surface area contributed by atoms with E-state index < -0.39 is 45.1 Å². The third-order valence-electron chi connectivity index (χ3n) is 11.4. The van der Waals surface area contributed by atoms with Gasteiger partial charge in [0.2, 0.25) is 0 Å². The van der Waals surface area contributed by atoms with Crippen molar-refractivity contribution in [2.75, 3.05) is 26.4 Å². The number of ether oxygens (including phenoxy) is 2. The third-order valence-corrected chi connectivity index (χ3v) is 12.4. The van der Waals surface area contributed by atoms with Crippen LogP contribution in [-0.4, -0.2) is 60.5 Å². The summed E-state index contributed by atoms with van der Waals surface area (Å²) in [5, 5.41) is 8.93. The number of hydrogen-bond acceptors (Lipinski definition) is 8. The molecule has 0 saturated heterocycles. The monoisotopic (exact) mass is 912 g/mol. The predicted molar refractivity (Wildman–Crippen MR) is 263 cm³/mol. The second-order valence-electron chi connectivity index (χ2n) is 17.7. The third kappa shape index (κ3) is 48.0. The molecule has 0 rings (SSSR count). The van der Waals surface area contributed by atoms with Gasteiger partial charge in [-0.15, -0.1) is 0 Å². The van der Waals surface area contributed by atoms with Gasteiger partial charge in [0.15, 0.2) is 0 Å². The molecule has 0 aromatic carbocycles. The molecule has 63 heavy (non-hydrogen) atoms. The van der Waals surface area contributed by atoms with E-state index in [9.17, 15) is 19.0 Å². The zero-order valence-corrected chi connectivity index (χ0v) is 41.6. The van der Waals surface area contributed by atoms with Crippen LogP contribution in [0, 0.1) is 0 Å². The summed E-state index contributed by atoms with van der Waals surface area (Å²) in [6, 6.07) is -1.48. The second-order valence-corrected chi connectivity index (χ2v) is 19.1. The van der Waals surface area contributed by atoms with E-state index in [1.54, 1.807) is 0 Å². The van der Waals surface area contributed by atoms with Gasteiger partial charge in [-0.05, 0) is 51.4 Å². The van der Waals surface area contributed by atoms with Crippen LogP contribution in [0.4, 0.5) is 0 Å². The maximum atomic E-state index is 12.7. The molecule has 0 aliphatic heterocycles. The molecule has 0 bridgehead atoms. The molecule has 3 atom stereocenters. The van der Waals surface area contributed by atoms with Crippen LogP contribution in [-0.2, 0) is 32.7 Å². The van der Waals surface area contributed by atoms with Gasteiger partial charge in [-0.1, -0.05) is 224 Å². The summed E-state index contributed by atoms with van der Waals surface area (Å²) in [7, 11) is -4.62. The summed E-state index contributed by atoms with van der Waals surface area (Å²) < 4.78 is 33.5. The number of phosphoric acid groups is 1. The number of rotatable bonds is 50. The summed E-state index contributed by atoms with van der Waals surface area (Å²) in [4.78, 5) is 33.7. The molecule has 0 aliphatic rings. The Bertz CT molecular complexity index is 1150. The van der Waals surface area contributed by atoms with E-state index >= 15 is 0 Å². The Balaban J connectivity index is 4.12. The fraction of sp³-hybridized carbons (Fsp3) is 0.846. The molecule has 0 aliphatic carbocycles. The first-order valence-corrected chi connectivity index (χ1v) is 27.5. The zero-order chi connectivity index (χ0) is 46.2. The molecule has 0 saturated carbocycles. The molecule has 0 aromatic heterocycles. The van der Waals surface area contributed by atoms with E-state index in [-0.39, 0.29) is 13.0 Å². The van der Waals surface area contributed by atoms with Gasteiger partial charge in [0.1, 0.15) is 12.1 Å². The van der Waals surface area contributed by atoms with Crippen LogP contribution in [0.5, 0.6) is 0 Å². The number of carbonyl (C=O) groups is 2. The van der Waals surface area contributed by atoms with Gasteiger partial charge in [-0.2, -0.15) is 0 Å².